The van der Waals surface area contributed by atoms with Gasteiger partial charge in [0.15, 0.2) is 0 Å². The number of nitrogens with zero attached hydrogens (tertiary/aromatic N) is 3. The molecule has 2 aromatic rings. The molecule has 0 radical (unpaired) electrons. The molecule has 0 amide bonds. The van der Waals surface area contributed by atoms with Gasteiger partial charge in [0.25, 0.3) is 5.71 Å². The lowest BCUT2D eigenvalue weighted by Gasteiger charge is -2.18. The number of aromatic nitrogens is 2. The quantitative estimate of drug-likeness (QED) is 0.877. The smallest absolute Gasteiger partial charge is 0.258 e. The van der Waals surface area contributed by atoms with E-state index in [4.69, 9.17) is 10.3 Å². The Bertz CT molecular complexity index is 854. The van der Waals surface area contributed by atoms with Crippen molar-refractivity contribution >= 4 is 33.5 Å². The number of hydrogen-bond acceptors (Lipinski definition) is 6. The van der Waals surface area contributed by atoms with E-state index in [0.29, 0.717) is 36.5 Å². The monoisotopic (exact) mass is 372 g/mol. The summed E-state index contributed by atoms with van der Waals surface area (Å²) < 4.78 is 32.5. The van der Waals surface area contributed by atoms with Crippen molar-refractivity contribution in [2.24, 2.45) is 17.6 Å². The van der Waals surface area contributed by atoms with Crippen LogP contribution in [-0.4, -0.2) is 42.0 Å². The highest BCUT2D eigenvalue weighted by Crippen LogP contribution is 2.39. The fourth-order valence-electron chi connectivity index (χ4n) is 3.87. The van der Waals surface area contributed by atoms with Crippen LogP contribution >= 0.6 is 12.4 Å². The van der Waals surface area contributed by atoms with Gasteiger partial charge in [-0.05, 0) is 37.2 Å². The van der Waals surface area contributed by atoms with E-state index in [1.54, 1.807) is 10.4 Å². The summed E-state index contributed by atoms with van der Waals surface area (Å²) in [7, 11) is -3.55. The van der Waals surface area contributed by atoms with Crippen LogP contribution in [0.15, 0.2) is 21.7 Å². The minimum Gasteiger partial charge on any atom is -0.336 e. The summed E-state index contributed by atoms with van der Waals surface area (Å²) >= 11 is 0. The molecule has 24 heavy (non-hydrogen) atoms. The van der Waals surface area contributed by atoms with Crippen LogP contribution in [0.25, 0.3) is 11.1 Å². The van der Waals surface area contributed by atoms with Gasteiger partial charge in [0, 0.05) is 19.1 Å². The average molecular weight is 373 g/mol. The first-order valence-electron chi connectivity index (χ1n) is 8.00. The number of hydrogen-bond donors (Lipinski definition) is 1. The van der Waals surface area contributed by atoms with Crippen LogP contribution in [0, 0.1) is 11.8 Å². The third-order valence-electron chi connectivity index (χ3n) is 5.23. The normalized spacial score (nSPS) is 27.3. The van der Waals surface area contributed by atoms with Gasteiger partial charge in [-0.15, -0.1) is 12.4 Å². The van der Waals surface area contributed by atoms with Crippen LogP contribution in [-0.2, 0) is 16.4 Å². The summed E-state index contributed by atoms with van der Waals surface area (Å²) in [6.45, 7) is 3.01. The number of halogens is 1. The lowest BCUT2D eigenvalue weighted by Crippen LogP contribution is -2.33. The Labute approximate surface area is 147 Å². The van der Waals surface area contributed by atoms with Crippen LogP contribution in [0.2, 0.25) is 0 Å². The lowest BCUT2D eigenvalue weighted by molar-refractivity contribution is 0.426. The Morgan fingerprint density at radius 2 is 2.17 bits per heavy atom. The van der Waals surface area contributed by atoms with Gasteiger partial charge in [0.2, 0.25) is 10.0 Å². The van der Waals surface area contributed by atoms with Crippen molar-refractivity contribution in [1.29, 1.82) is 0 Å². The summed E-state index contributed by atoms with van der Waals surface area (Å²) in [4.78, 5) is 4.32. The molecule has 4 rings (SSSR count). The fraction of sp³-hybridized carbons (Fsp3) is 0.600. The number of nitrogens with two attached hydrogens (primary N) is 1. The molecule has 0 aromatic carbocycles. The first-order valence-corrected chi connectivity index (χ1v) is 9.44. The zero-order valence-corrected chi connectivity index (χ0v) is 15.0. The zero-order valence-electron chi connectivity index (χ0n) is 13.4. The Morgan fingerprint density at radius 3 is 2.88 bits per heavy atom. The standard InChI is InChI=1S/C15H20N4O3S.ClH/c1-2-14-11-5-10(6-17-15(11)22-18-14)23(20,21)19-7-9-3-4-13(16)12(9)8-19;/h5-6,9,12-13H,2-4,7-8,16H2,1H3;1H. The maximum Gasteiger partial charge on any atom is 0.258 e. The van der Waals surface area contributed by atoms with E-state index < -0.39 is 10.0 Å². The lowest BCUT2D eigenvalue weighted by atomic mass is 9.98. The van der Waals surface area contributed by atoms with Gasteiger partial charge in [0.05, 0.1) is 17.3 Å². The number of aryl methyl sites for hydroxylation is 1. The van der Waals surface area contributed by atoms with Crippen molar-refractivity contribution in [2.75, 3.05) is 13.1 Å². The molecule has 2 fully saturated rings. The minimum atomic E-state index is -3.55. The average Bonchev–Trinajstić information content (AvgIpc) is 3.22. The SMILES string of the molecule is CCc1noc2ncc(S(=O)(=O)N3CC4CCC(N)C4C3)cc12.Cl. The molecular weight excluding hydrogens is 352 g/mol. The summed E-state index contributed by atoms with van der Waals surface area (Å²) in [6.07, 6.45) is 4.04. The summed E-state index contributed by atoms with van der Waals surface area (Å²) in [6, 6.07) is 1.74. The first kappa shape index (κ1) is 17.6. The van der Waals surface area contributed by atoms with Crippen LogP contribution < -0.4 is 5.73 Å². The minimum absolute atomic E-state index is 0. The van der Waals surface area contributed by atoms with E-state index in [-0.39, 0.29) is 29.3 Å². The second kappa shape index (κ2) is 6.25. The van der Waals surface area contributed by atoms with Crippen LogP contribution in [0.3, 0.4) is 0 Å². The fourth-order valence-corrected chi connectivity index (χ4v) is 5.38. The summed E-state index contributed by atoms with van der Waals surface area (Å²) in [5, 5.41) is 4.60. The molecule has 2 aliphatic rings. The van der Waals surface area contributed by atoms with Crippen molar-refractivity contribution in [3.05, 3.63) is 18.0 Å². The van der Waals surface area contributed by atoms with E-state index in [1.165, 1.54) is 6.20 Å². The zero-order chi connectivity index (χ0) is 16.2. The molecule has 0 spiro atoms. The molecular formula is C15H21ClN4O3S. The van der Waals surface area contributed by atoms with Crippen LogP contribution in [0.1, 0.15) is 25.5 Å². The maximum absolute atomic E-state index is 12.9. The number of fused-ring (bicyclic) bond motifs is 2. The number of rotatable bonds is 3. The predicted octanol–water partition coefficient (Wildman–Crippen LogP) is 1.56. The van der Waals surface area contributed by atoms with Gasteiger partial charge >= 0.3 is 0 Å². The van der Waals surface area contributed by atoms with Crippen molar-refractivity contribution in [2.45, 2.75) is 37.1 Å². The van der Waals surface area contributed by atoms with E-state index in [9.17, 15) is 8.42 Å². The molecule has 1 saturated heterocycles. The third-order valence-corrected chi connectivity index (χ3v) is 7.03. The van der Waals surface area contributed by atoms with Crippen molar-refractivity contribution in [3.8, 4) is 0 Å². The molecule has 3 unspecified atom stereocenters. The molecule has 0 bridgehead atoms. The van der Waals surface area contributed by atoms with E-state index in [1.807, 2.05) is 6.92 Å². The van der Waals surface area contributed by atoms with E-state index in [0.717, 1.165) is 18.5 Å². The van der Waals surface area contributed by atoms with Crippen LogP contribution in [0.4, 0.5) is 0 Å². The number of sulfonamides is 1. The van der Waals surface area contributed by atoms with E-state index in [2.05, 4.69) is 10.1 Å². The highest BCUT2D eigenvalue weighted by Gasteiger charge is 2.45. The van der Waals surface area contributed by atoms with Gasteiger partial charge in [-0.3, -0.25) is 0 Å². The Morgan fingerprint density at radius 1 is 1.38 bits per heavy atom. The number of pyridine rings is 1. The second-order valence-electron chi connectivity index (χ2n) is 6.49. The molecule has 1 saturated carbocycles. The molecule has 3 heterocycles. The second-order valence-corrected chi connectivity index (χ2v) is 8.43. The van der Waals surface area contributed by atoms with Crippen molar-refractivity contribution < 1.29 is 12.9 Å². The third kappa shape index (κ3) is 2.61. The molecule has 2 aromatic heterocycles. The van der Waals surface area contributed by atoms with E-state index >= 15 is 0 Å². The molecule has 7 nitrogen and oxygen atoms in total. The molecule has 1 aliphatic heterocycles. The summed E-state index contributed by atoms with van der Waals surface area (Å²) in [5.41, 5.74) is 7.21. The Hall–Kier alpha value is -1.22. The highest BCUT2D eigenvalue weighted by atomic mass is 35.5. The van der Waals surface area contributed by atoms with Gasteiger partial charge in [-0.1, -0.05) is 12.1 Å². The van der Waals surface area contributed by atoms with Gasteiger partial charge < -0.3 is 10.3 Å². The molecule has 132 valence electrons. The molecule has 9 heteroatoms. The topological polar surface area (TPSA) is 102 Å². The summed E-state index contributed by atoms with van der Waals surface area (Å²) in [5.74, 6) is 0.668. The van der Waals surface area contributed by atoms with Crippen molar-refractivity contribution in [1.82, 2.24) is 14.4 Å². The Kier molecular flexibility index (Phi) is 4.59. The predicted molar refractivity (Wildman–Crippen MR) is 91.4 cm³/mol. The van der Waals surface area contributed by atoms with Crippen LogP contribution in [0.5, 0.6) is 0 Å². The maximum atomic E-state index is 12.9. The van der Waals surface area contributed by atoms with Crippen molar-refractivity contribution in [3.63, 3.8) is 0 Å². The molecule has 1 aliphatic carbocycles. The van der Waals surface area contributed by atoms with Gasteiger partial charge in [-0.25, -0.2) is 13.4 Å². The van der Waals surface area contributed by atoms with Gasteiger partial charge in [0.1, 0.15) is 4.90 Å². The largest absolute Gasteiger partial charge is 0.336 e. The highest BCUT2D eigenvalue weighted by molar-refractivity contribution is 7.89. The van der Waals surface area contributed by atoms with Gasteiger partial charge in [-0.2, -0.15) is 4.31 Å². The molecule has 3 atom stereocenters. The Balaban J connectivity index is 0.00000169. The first-order chi connectivity index (χ1) is 11.0. The molecule has 2 N–H and O–H groups in total.